The van der Waals surface area contributed by atoms with E-state index in [2.05, 4.69) is 22.2 Å². The van der Waals surface area contributed by atoms with E-state index in [9.17, 15) is 4.79 Å². The maximum Gasteiger partial charge on any atom is 0.243 e. The Hall–Kier alpha value is -1.57. The number of aliphatic imine (C=N–C) groups is 1. The number of likely N-dealkylation sites (N-methyl/N-ethyl adjacent to an activating group) is 1. The molecule has 1 amide bonds. The van der Waals surface area contributed by atoms with E-state index < -0.39 is 0 Å². The summed E-state index contributed by atoms with van der Waals surface area (Å²) in [5.74, 6) is 0.559. The predicted molar refractivity (Wildman–Crippen MR) is 103 cm³/mol. The summed E-state index contributed by atoms with van der Waals surface area (Å²) in [6.45, 7) is 6.42. The number of hydrogen-bond donors (Lipinski definition) is 2. The molecular weight excluding hydrogens is 391 g/mol. The summed E-state index contributed by atoms with van der Waals surface area (Å²) in [7, 11) is 3.43. The molecule has 0 aliphatic carbocycles. The quantitative estimate of drug-likeness (QED) is 0.324. The highest BCUT2D eigenvalue weighted by Crippen LogP contribution is 2.10. The average Bonchev–Trinajstić information content (AvgIpc) is 2.50. The van der Waals surface area contributed by atoms with Gasteiger partial charge in [-0.1, -0.05) is 36.4 Å². The fourth-order valence-electron chi connectivity index (χ4n) is 1.64. The standard InChI is InChI=1S/C16H24N4O.HI/c1-5-11-17-16(18-12-15(21)20(3)4)19-13(2)14-9-7-6-8-10-14;/h5-10,13H,1,11-12H2,2-4H3,(H2,17,18,19);1H. The number of hydrogen-bond acceptors (Lipinski definition) is 2. The molecule has 2 N–H and O–H groups in total. The van der Waals surface area contributed by atoms with Crippen LogP contribution >= 0.6 is 24.0 Å². The number of carbonyl (C=O) groups excluding carboxylic acids is 1. The SMILES string of the molecule is C=CCNC(=NCC(=O)N(C)C)NC(C)c1ccccc1.I. The highest BCUT2D eigenvalue weighted by Gasteiger charge is 2.08. The Morgan fingerprint density at radius 1 is 1.36 bits per heavy atom. The van der Waals surface area contributed by atoms with E-state index in [4.69, 9.17) is 0 Å². The molecule has 0 radical (unpaired) electrons. The summed E-state index contributed by atoms with van der Waals surface area (Å²) in [5.41, 5.74) is 1.16. The number of nitrogens with one attached hydrogen (secondary N) is 2. The third-order valence-corrected chi connectivity index (χ3v) is 2.94. The molecule has 0 spiro atoms. The van der Waals surface area contributed by atoms with Gasteiger partial charge in [0.2, 0.25) is 5.91 Å². The van der Waals surface area contributed by atoms with Gasteiger partial charge in [0.15, 0.2) is 5.96 Å². The number of halogens is 1. The van der Waals surface area contributed by atoms with Gasteiger partial charge in [0.25, 0.3) is 0 Å². The number of nitrogens with zero attached hydrogens (tertiary/aromatic N) is 2. The van der Waals surface area contributed by atoms with Crippen molar-refractivity contribution >= 4 is 35.8 Å². The van der Waals surface area contributed by atoms with Gasteiger partial charge in [0.05, 0.1) is 6.04 Å². The van der Waals surface area contributed by atoms with Gasteiger partial charge in [-0.3, -0.25) is 4.79 Å². The van der Waals surface area contributed by atoms with E-state index >= 15 is 0 Å². The second kappa shape index (κ2) is 11.1. The molecule has 0 aromatic heterocycles. The zero-order valence-corrected chi connectivity index (χ0v) is 15.7. The summed E-state index contributed by atoms with van der Waals surface area (Å²) >= 11 is 0. The second-order valence-electron chi connectivity index (χ2n) is 4.90. The van der Waals surface area contributed by atoms with Crippen molar-refractivity contribution in [3.63, 3.8) is 0 Å². The van der Waals surface area contributed by atoms with Crippen LogP contribution in [0.15, 0.2) is 48.0 Å². The van der Waals surface area contributed by atoms with Crippen molar-refractivity contribution in [2.24, 2.45) is 4.99 Å². The number of benzene rings is 1. The molecule has 1 atom stereocenters. The molecule has 6 heteroatoms. The number of guanidine groups is 1. The van der Waals surface area contributed by atoms with Gasteiger partial charge in [0, 0.05) is 20.6 Å². The van der Waals surface area contributed by atoms with Crippen molar-refractivity contribution in [2.75, 3.05) is 27.2 Å². The predicted octanol–water partition coefficient (Wildman–Crippen LogP) is 2.18. The van der Waals surface area contributed by atoms with Gasteiger partial charge in [0.1, 0.15) is 6.54 Å². The Kier molecular flexibility index (Phi) is 10.3. The van der Waals surface area contributed by atoms with Crippen LogP contribution in [0.4, 0.5) is 0 Å². The molecule has 1 rings (SSSR count). The van der Waals surface area contributed by atoms with Crippen molar-refractivity contribution in [3.8, 4) is 0 Å². The monoisotopic (exact) mass is 416 g/mol. The van der Waals surface area contributed by atoms with E-state index in [1.807, 2.05) is 37.3 Å². The summed E-state index contributed by atoms with van der Waals surface area (Å²) in [5, 5.41) is 6.40. The highest BCUT2D eigenvalue weighted by molar-refractivity contribution is 14.0. The minimum Gasteiger partial charge on any atom is -0.353 e. The fraction of sp³-hybridized carbons (Fsp3) is 0.375. The molecule has 22 heavy (non-hydrogen) atoms. The first-order valence-electron chi connectivity index (χ1n) is 6.95. The molecule has 1 unspecified atom stereocenters. The van der Waals surface area contributed by atoms with Crippen LogP contribution in [0.25, 0.3) is 0 Å². The van der Waals surface area contributed by atoms with Crippen LogP contribution < -0.4 is 10.6 Å². The van der Waals surface area contributed by atoms with Crippen molar-refractivity contribution < 1.29 is 4.79 Å². The molecule has 0 aliphatic rings. The third-order valence-electron chi connectivity index (χ3n) is 2.94. The molecule has 1 aromatic carbocycles. The van der Waals surface area contributed by atoms with Crippen LogP contribution in [-0.2, 0) is 4.79 Å². The maximum atomic E-state index is 11.6. The third kappa shape index (κ3) is 7.44. The van der Waals surface area contributed by atoms with Crippen molar-refractivity contribution in [2.45, 2.75) is 13.0 Å². The zero-order valence-electron chi connectivity index (χ0n) is 13.4. The molecular formula is C16H25IN4O. The molecule has 5 nitrogen and oxygen atoms in total. The van der Waals surface area contributed by atoms with Crippen molar-refractivity contribution in [3.05, 3.63) is 48.6 Å². The maximum absolute atomic E-state index is 11.6. The summed E-state index contributed by atoms with van der Waals surface area (Å²) in [6, 6.07) is 10.2. The first-order valence-corrected chi connectivity index (χ1v) is 6.95. The Morgan fingerprint density at radius 3 is 2.55 bits per heavy atom. The van der Waals surface area contributed by atoms with Crippen LogP contribution in [0, 0.1) is 0 Å². The Labute approximate surface area is 149 Å². The Balaban J connectivity index is 0.00000441. The van der Waals surface area contributed by atoms with Crippen LogP contribution in [-0.4, -0.2) is 44.0 Å². The van der Waals surface area contributed by atoms with Gasteiger partial charge < -0.3 is 15.5 Å². The lowest BCUT2D eigenvalue weighted by Gasteiger charge is -2.18. The Morgan fingerprint density at radius 2 is 2.00 bits per heavy atom. The molecule has 0 bridgehead atoms. The molecule has 122 valence electrons. The fourth-order valence-corrected chi connectivity index (χ4v) is 1.64. The minimum atomic E-state index is -0.0398. The first kappa shape index (κ1) is 20.4. The van der Waals surface area contributed by atoms with Crippen LogP contribution in [0.3, 0.4) is 0 Å². The second-order valence-corrected chi connectivity index (χ2v) is 4.90. The van der Waals surface area contributed by atoms with Gasteiger partial charge in [-0.25, -0.2) is 4.99 Å². The van der Waals surface area contributed by atoms with Gasteiger partial charge >= 0.3 is 0 Å². The lowest BCUT2D eigenvalue weighted by molar-refractivity contribution is -0.127. The summed E-state index contributed by atoms with van der Waals surface area (Å²) < 4.78 is 0. The average molecular weight is 416 g/mol. The molecule has 1 aromatic rings. The largest absolute Gasteiger partial charge is 0.353 e. The van der Waals surface area contributed by atoms with E-state index in [0.29, 0.717) is 12.5 Å². The Bertz CT molecular complexity index is 488. The van der Waals surface area contributed by atoms with E-state index in [1.54, 1.807) is 20.2 Å². The lowest BCUT2D eigenvalue weighted by Crippen LogP contribution is -2.39. The lowest BCUT2D eigenvalue weighted by atomic mass is 10.1. The number of amides is 1. The molecule has 0 heterocycles. The van der Waals surface area contributed by atoms with Crippen molar-refractivity contribution in [1.82, 2.24) is 15.5 Å². The smallest absolute Gasteiger partial charge is 0.243 e. The topological polar surface area (TPSA) is 56.7 Å². The van der Waals surface area contributed by atoms with Crippen LogP contribution in [0.2, 0.25) is 0 Å². The van der Waals surface area contributed by atoms with Gasteiger partial charge in [-0.2, -0.15) is 0 Å². The zero-order chi connectivity index (χ0) is 15.7. The van der Waals surface area contributed by atoms with E-state index in [1.165, 1.54) is 4.90 Å². The molecule has 0 aliphatic heterocycles. The van der Waals surface area contributed by atoms with Gasteiger partial charge in [-0.05, 0) is 12.5 Å². The van der Waals surface area contributed by atoms with Gasteiger partial charge in [-0.15, -0.1) is 30.6 Å². The van der Waals surface area contributed by atoms with E-state index in [0.717, 1.165) is 5.56 Å². The first-order chi connectivity index (χ1) is 10.0. The minimum absolute atomic E-state index is 0. The summed E-state index contributed by atoms with van der Waals surface area (Å²) in [4.78, 5) is 17.4. The van der Waals surface area contributed by atoms with Crippen LogP contribution in [0.5, 0.6) is 0 Å². The normalized spacial score (nSPS) is 11.9. The number of carbonyl (C=O) groups is 1. The van der Waals surface area contributed by atoms with Crippen molar-refractivity contribution in [1.29, 1.82) is 0 Å². The molecule has 0 fully saturated rings. The van der Waals surface area contributed by atoms with Crippen LogP contribution in [0.1, 0.15) is 18.5 Å². The summed E-state index contributed by atoms with van der Waals surface area (Å²) in [6.07, 6.45) is 1.75. The molecule has 0 saturated heterocycles. The number of rotatable bonds is 6. The molecule has 0 saturated carbocycles. The van der Waals surface area contributed by atoms with E-state index in [-0.39, 0.29) is 42.5 Å². The highest BCUT2D eigenvalue weighted by atomic mass is 127.